The van der Waals surface area contributed by atoms with Crippen LogP contribution in [0.15, 0.2) is 88.9 Å². The molecule has 3 rings (SSSR count). The van der Waals surface area contributed by atoms with Gasteiger partial charge in [-0.25, -0.2) is 5.43 Å². The lowest BCUT2D eigenvalue weighted by Crippen LogP contribution is -2.18. The highest BCUT2D eigenvalue weighted by Gasteiger charge is 2.31. The first-order valence-electron chi connectivity index (χ1n) is 9.72. The Kier molecular flexibility index (Phi) is 7.49. The molecule has 0 aliphatic heterocycles. The number of amides is 1. The van der Waals surface area contributed by atoms with Crippen molar-refractivity contribution in [2.75, 3.05) is 0 Å². The molecule has 0 fully saturated rings. The quantitative estimate of drug-likeness (QED) is 0.294. The standard InChI is InChI=1S/C23H19F3N2O4S/c24-23(25,26)19-11-13-20(14-12-19)33(30,31)32-21-9-5-4-8-18(21)16-27-28-22(29)15-10-17-6-2-1-3-7-17/h1-9,11-14,16H,10,15H2,(H,28,29). The zero-order valence-electron chi connectivity index (χ0n) is 17.1. The SMILES string of the molecule is O=C(CCc1ccccc1)NN=Cc1ccccc1OS(=O)(=O)c1ccc(C(F)(F)F)cc1. The van der Waals surface area contributed by atoms with Gasteiger partial charge in [0.1, 0.15) is 4.90 Å². The third-order valence-corrected chi connectivity index (χ3v) is 5.71. The molecule has 0 heterocycles. The van der Waals surface area contributed by atoms with E-state index in [0.717, 1.165) is 17.7 Å². The largest absolute Gasteiger partial charge is 0.416 e. The molecule has 1 N–H and O–H groups in total. The number of hydrogen-bond acceptors (Lipinski definition) is 5. The fourth-order valence-electron chi connectivity index (χ4n) is 2.77. The Morgan fingerprint density at radius 3 is 2.24 bits per heavy atom. The van der Waals surface area contributed by atoms with Gasteiger partial charge in [-0.05, 0) is 48.4 Å². The average Bonchev–Trinajstić information content (AvgIpc) is 2.79. The van der Waals surface area contributed by atoms with Crippen molar-refractivity contribution >= 4 is 22.2 Å². The lowest BCUT2D eigenvalue weighted by atomic mass is 10.1. The number of hydrazone groups is 1. The van der Waals surface area contributed by atoms with Crippen molar-refractivity contribution in [3.8, 4) is 5.75 Å². The second-order valence-corrected chi connectivity index (χ2v) is 8.42. The topological polar surface area (TPSA) is 84.8 Å². The second-order valence-electron chi connectivity index (χ2n) is 6.88. The smallest absolute Gasteiger partial charge is 0.378 e. The van der Waals surface area contributed by atoms with E-state index in [4.69, 9.17) is 4.18 Å². The molecule has 0 aliphatic rings. The summed E-state index contributed by atoms with van der Waals surface area (Å²) < 4.78 is 68.2. The monoisotopic (exact) mass is 476 g/mol. The van der Waals surface area contributed by atoms with Gasteiger partial charge in [-0.3, -0.25) is 4.79 Å². The predicted molar refractivity (Wildman–Crippen MR) is 116 cm³/mol. The highest BCUT2D eigenvalue weighted by Crippen LogP contribution is 2.30. The van der Waals surface area contributed by atoms with E-state index >= 15 is 0 Å². The van der Waals surface area contributed by atoms with Crippen LogP contribution >= 0.6 is 0 Å². The highest BCUT2D eigenvalue weighted by atomic mass is 32.2. The van der Waals surface area contributed by atoms with E-state index in [1.165, 1.54) is 24.4 Å². The number of alkyl halides is 3. The third-order valence-electron chi connectivity index (χ3n) is 4.47. The molecule has 0 aliphatic carbocycles. The molecule has 10 heteroatoms. The fraction of sp³-hybridized carbons (Fsp3) is 0.130. The van der Waals surface area contributed by atoms with Gasteiger partial charge in [0.15, 0.2) is 5.75 Å². The summed E-state index contributed by atoms with van der Waals surface area (Å²) in [7, 11) is -4.40. The van der Waals surface area contributed by atoms with Crippen molar-refractivity contribution in [3.63, 3.8) is 0 Å². The molecule has 1 amide bonds. The van der Waals surface area contributed by atoms with Gasteiger partial charge in [-0.15, -0.1) is 0 Å². The Morgan fingerprint density at radius 2 is 1.58 bits per heavy atom. The molecule has 172 valence electrons. The number of benzene rings is 3. The summed E-state index contributed by atoms with van der Waals surface area (Å²) in [5, 5.41) is 3.83. The maximum Gasteiger partial charge on any atom is 0.416 e. The van der Waals surface area contributed by atoms with Crippen LogP contribution in [0.5, 0.6) is 5.75 Å². The number of nitrogens with one attached hydrogen (secondary N) is 1. The minimum atomic E-state index is -4.59. The maximum atomic E-state index is 12.7. The Bertz CT molecular complexity index is 1230. The molecule has 0 atom stereocenters. The number of aryl methyl sites for hydroxylation is 1. The van der Waals surface area contributed by atoms with Gasteiger partial charge in [-0.1, -0.05) is 42.5 Å². The van der Waals surface area contributed by atoms with Crippen molar-refractivity contribution in [2.24, 2.45) is 5.10 Å². The molecule has 0 unspecified atom stereocenters. The lowest BCUT2D eigenvalue weighted by Gasteiger charge is -2.11. The molecule has 0 saturated carbocycles. The molecule has 6 nitrogen and oxygen atoms in total. The molecule has 0 saturated heterocycles. The normalized spacial score (nSPS) is 12.0. The first-order valence-corrected chi connectivity index (χ1v) is 11.1. The number of para-hydroxylation sites is 1. The van der Waals surface area contributed by atoms with Crippen LogP contribution in [0.3, 0.4) is 0 Å². The predicted octanol–water partition coefficient (Wildman–Crippen LogP) is 4.56. The number of carbonyl (C=O) groups excluding carboxylic acids is 1. The van der Waals surface area contributed by atoms with Crippen molar-refractivity contribution in [2.45, 2.75) is 23.9 Å². The lowest BCUT2D eigenvalue weighted by molar-refractivity contribution is -0.137. The molecule has 0 aromatic heterocycles. The van der Waals surface area contributed by atoms with Gasteiger partial charge in [-0.2, -0.15) is 26.7 Å². The summed E-state index contributed by atoms with van der Waals surface area (Å²) in [5.74, 6) is -0.425. The molecule has 33 heavy (non-hydrogen) atoms. The highest BCUT2D eigenvalue weighted by molar-refractivity contribution is 7.87. The summed E-state index contributed by atoms with van der Waals surface area (Å²) >= 11 is 0. The fourth-order valence-corrected chi connectivity index (χ4v) is 3.73. The van der Waals surface area contributed by atoms with E-state index in [-0.39, 0.29) is 23.6 Å². The van der Waals surface area contributed by atoms with Crippen LogP contribution < -0.4 is 9.61 Å². The summed E-state index contributed by atoms with van der Waals surface area (Å²) in [5.41, 5.74) is 2.64. The van der Waals surface area contributed by atoms with Crippen LogP contribution in [0.1, 0.15) is 23.1 Å². The molecule has 0 spiro atoms. The van der Waals surface area contributed by atoms with Crippen LogP contribution in [-0.2, 0) is 27.5 Å². The van der Waals surface area contributed by atoms with Crippen LogP contribution in [0.2, 0.25) is 0 Å². The van der Waals surface area contributed by atoms with E-state index in [1.807, 2.05) is 30.3 Å². The number of carbonyl (C=O) groups is 1. The Morgan fingerprint density at radius 1 is 0.939 bits per heavy atom. The zero-order chi connectivity index (χ0) is 23.9. The van der Waals surface area contributed by atoms with Gasteiger partial charge in [0.05, 0.1) is 11.8 Å². The van der Waals surface area contributed by atoms with Crippen molar-refractivity contribution in [1.29, 1.82) is 0 Å². The molecule has 0 bridgehead atoms. The van der Waals surface area contributed by atoms with Gasteiger partial charge in [0.25, 0.3) is 0 Å². The molecular weight excluding hydrogens is 457 g/mol. The van der Waals surface area contributed by atoms with E-state index < -0.39 is 26.8 Å². The van der Waals surface area contributed by atoms with Crippen LogP contribution in [0.4, 0.5) is 13.2 Å². The van der Waals surface area contributed by atoms with E-state index in [1.54, 1.807) is 6.07 Å². The number of halogens is 3. The van der Waals surface area contributed by atoms with Crippen molar-refractivity contribution < 1.29 is 30.6 Å². The summed E-state index contributed by atoms with van der Waals surface area (Å²) in [6.07, 6.45) is -2.62. The van der Waals surface area contributed by atoms with Crippen molar-refractivity contribution in [1.82, 2.24) is 5.43 Å². The summed E-state index contributed by atoms with van der Waals surface area (Å²) in [4.78, 5) is 11.5. The van der Waals surface area contributed by atoms with Crippen LogP contribution in [0, 0.1) is 0 Å². The molecule has 3 aromatic carbocycles. The molecule has 3 aromatic rings. The minimum absolute atomic E-state index is 0.0975. The van der Waals surface area contributed by atoms with Gasteiger partial charge in [0, 0.05) is 12.0 Å². The van der Waals surface area contributed by atoms with Gasteiger partial charge >= 0.3 is 16.3 Å². The third kappa shape index (κ3) is 6.91. The first-order chi connectivity index (χ1) is 15.6. The Balaban J connectivity index is 1.65. The van der Waals surface area contributed by atoms with E-state index in [0.29, 0.717) is 18.6 Å². The van der Waals surface area contributed by atoms with Gasteiger partial charge in [0.2, 0.25) is 5.91 Å². The number of hydrogen-bond donors (Lipinski definition) is 1. The Labute approximate surface area is 188 Å². The number of rotatable bonds is 8. The van der Waals surface area contributed by atoms with Crippen LogP contribution in [0.25, 0.3) is 0 Å². The van der Waals surface area contributed by atoms with Gasteiger partial charge < -0.3 is 4.18 Å². The maximum absolute atomic E-state index is 12.7. The Hall–Kier alpha value is -3.66. The number of nitrogens with zero attached hydrogens (tertiary/aromatic N) is 1. The average molecular weight is 476 g/mol. The van der Waals surface area contributed by atoms with E-state index in [9.17, 15) is 26.4 Å². The van der Waals surface area contributed by atoms with Crippen molar-refractivity contribution in [3.05, 3.63) is 95.6 Å². The molecular formula is C23H19F3N2O4S. The van der Waals surface area contributed by atoms with E-state index in [2.05, 4.69) is 10.5 Å². The summed E-state index contributed by atoms with van der Waals surface area (Å²) in [6, 6.07) is 18.4. The second kappa shape index (κ2) is 10.3. The molecule has 0 radical (unpaired) electrons. The van der Waals surface area contributed by atoms with Crippen LogP contribution in [-0.4, -0.2) is 20.5 Å². The summed E-state index contributed by atoms with van der Waals surface area (Å²) in [6.45, 7) is 0. The first kappa shape index (κ1) is 24.0. The minimum Gasteiger partial charge on any atom is -0.378 e. The zero-order valence-corrected chi connectivity index (χ0v) is 17.9.